The summed E-state index contributed by atoms with van der Waals surface area (Å²) in [6.45, 7) is 2.71. The van der Waals surface area contributed by atoms with Gasteiger partial charge in [0.05, 0.1) is 12.2 Å². The van der Waals surface area contributed by atoms with E-state index in [2.05, 4.69) is 26.2 Å². The second-order valence-electron chi connectivity index (χ2n) is 3.44. The summed E-state index contributed by atoms with van der Waals surface area (Å²) in [6.07, 6.45) is 1.76. The molecule has 0 bridgehead atoms. The smallest absolute Gasteiger partial charge is 0.149 e. The van der Waals surface area contributed by atoms with E-state index in [9.17, 15) is 0 Å². The third kappa shape index (κ3) is 2.36. The number of thiophene rings is 1. The van der Waals surface area contributed by atoms with Crippen molar-refractivity contribution in [1.82, 2.24) is 4.98 Å². The maximum atomic E-state index is 5.93. The van der Waals surface area contributed by atoms with Crippen LogP contribution >= 0.6 is 27.3 Å². The van der Waals surface area contributed by atoms with E-state index < -0.39 is 0 Å². The summed E-state index contributed by atoms with van der Waals surface area (Å²) in [6, 6.07) is 3.94. The number of nitrogens with zero attached hydrogens (tertiary/aromatic N) is 1. The van der Waals surface area contributed by atoms with Gasteiger partial charge in [-0.15, -0.1) is 11.3 Å². The number of hydrogen-bond acceptors (Lipinski definition) is 4. The molecule has 0 spiro atoms. The minimum absolute atomic E-state index is 0.718. The fraction of sp³-hybridized carbons (Fsp3) is 0.182. The molecule has 0 radical (unpaired) electrons. The van der Waals surface area contributed by atoms with Crippen LogP contribution in [0.5, 0.6) is 0 Å². The van der Waals surface area contributed by atoms with Gasteiger partial charge in [0.1, 0.15) is 5.82 Å². The molecule has 0 atom stereocenters. The first-order valence-electron chi connectivity index (χ1n) is 4.85. The zero-order chi connectivity index (χ0) is 11.5. The topological polar surface area (TPSA) is 50.9 Å². The zero-order valence-corrected chi connectivity index (χ0v) is 11.2. The molecule has 0 unspecified atom stereocenters. The maximum Gasteiger partial charge on any atom is 0.149 e. The van der Waals surface area contributed by atoms with Crippen LogP contribution in [0.25, 0.3) is 0 Å². The van der Waals surface area contributed by atoms with E-state index >= 15 is 0 Å². The maximum absolute atomic E-state index is 5.93. The molecular weight excluding hydrogens is 286 g/mol. The Hall–Kier alpha value is -1.07. The molecule has 3 N–H and O–H groups in total. The summed E-state index contributed by atoms with van der Waals surface area (Å²) >= 11 is 5.19. The van der Waals surface area contributed by atoms with E-state index in [1.54, 1.807) is 17.5 Å². The van der Waals surface area contributed by atoms with Crippen molar-refractivity contribution in [3.05, 3.63) is 38.6 Å². The number of halogens is 1. The quantitative estimate of drug-likeness (QED) is 0.913. The number of anilines is 2. The number of pyridine rings is 1. The minimum atomic E-state index is 0.718. The second-order valence-corrected chi connectivity index (χ2v) is 5.29. The Kier molecular flexibility index (Phi) is 3.46. The number of aryl methyl sites for hydroxylation is 1. The first kappa shape index (κ1) is 11.4. The van der Waals surface area contributed by atoms with Gasteiger partial charge >= 0.3 is 0 Å². The first-order chi connectivity index (χ1) is 7.68. The predicted molar refractivity (Wildman–Crippen MR) is 72.7 cm³/mol. The Bertz CT molecular complexity index is 496. The van der Waals surface area contributed by atoms with Crippen molar-refractivity contribution in [1.29, 1.82) is 0 Å². The monoisotopic (exact) mass is 297 g/mol. The lowest BCUT2D eigenvalue weighted by Crippen LogP contribution is -2.04. The Morgan fingerprint density at radius 2 is 2.31 bits per heavy atom. The van der Waals surface area contributed by atoms with Crippen molar-refractivity contribution in [2.24, 2.45) is 0 Å². The van der Waals surface area contributed by atoms with Gasteiger partial charge in [-0.05, 0) is 45.9 Å². The molecule has 0 fully saturated rings. The summed E-state index contributed by atoms with van der Waals surface area (Å²) in [5.74, 6) is 0.750. The molecule has 0 saturated carbocycles. The lowest BCUT2D eigenvalue weighted by atomic mass is 10.2. The highest BCUT2D eigenvalue weighted by Crippen LogP contribution is 2.25. The largest absolute Gasteiger partial charge is 0.396 e. The van der Waals surface area contributed by atoms with Gasteiger partial charge in [-0.3, -0.25) is 0 Å². The van der Waals surface area contributed by atoms with Crippen molar-refractivity contribution >= 4 is 38.8 Å². The standard InChI is InChI=1S/C11H12BrN3S/c1-7-2-4-14-11(10(7)13)15-6-9-8(12)3-5-16-9/h2-5H,6,13H2,1H3,(H,14,15). The van der Waals surface area contributed by atoms with Crippen LogP contribution < -0.4 is 11.1 Å². The average molecular weight is 298 g/mol. The summed E-state index contributed by atoms with van der Waals surface area (Å²) < 4.78 is 1.12. The highest BCUT2D eigenvalue weighted by molar-refractivity contribution is 9.10. The van der Waals surface area contributed by atoms with E-state index in [-0.39, 0.29) is 0 Å². The molecule has 2 aromatic heterocycles. The summed E-state index contributed by atoms with van der Waals surface area (Å²) in [4.78, 5) is 5.46. The van der Waals surface area contributed by atoms with Gasteiger partial charge in [0.2, 0.25) is 0 Å². The second kappa shape index (κ2) is 4.84. The summed E-state index contributed by atoms with van der Waals surface area (Å²) in [7, 11) is 0. The van der Waals surface area contributed by atoms with E-state index in [1.807, 2.05) is 24.4 Å². The zero-order valence-electron chi connectivity index (χ0n) is 8.83. The molecule has 2 aromatic rings. The van der Waals surface area contributed by atoms with Crippen molar-refractivity contribution in [2.45, 2.75) is 13.5 Å². The van der Waals surface area contributed by atoms with Crippen LogP contribution in [-0.2, 0) is 6.54 Å². The highest BCUT2D eigenvalue weighted by Gasteiger charge is 2.05. The predicted octanol–water partition coefficient (Wildman–Crippen LogP) is 3.41. The van der Waals surface area contributed by atoms with E-state index in [0.29, 0.717) is 0 Å². The third-order valence-corrected chi connectivity index (χ3v) is 4.24. The van der Waals surface area contributed by atoms with Gasteiger partial charge in [-0.25, -0.2) is 4.98 Å². The molecule has 16 heavy (non-hydrogen) atoms. The SMILES string of the molecule is Cc1ccnc(NCc2sccc2Br)c1N. The number of nitrogens with two attached hydrogens (primary N) is 1. The van der Waals surface area contributed by atoms with Gasteiger partial charge < -0.3 is 11.1 Å². The van der Waals surface area contributed by atoms with Gasteiger partial charge in [0.25, 0.3) is 0 Å². The van der Waals surface area contributed by atoms with E-state index in [4.69, 9.17) is 5.73 Å². The lowest BCUT2D eigenvalue weighted by molar-refractivity contribution is 1.13. The fourth-order valence-electron chi connectivity index (χ4n) is 1.33. The van der Waals surface area contributed by atoms with Crippen LogP contribution in [0.1, 0.15) is 10.4 Å². The molecule has 2 rings (SSSR count). The average Bonchev–Trinajstić information content (AvgIpc) is 2.67. The number of hydrogen-bond donors (Lipinski definition) is 2. The number of rotatable bonds is 3. The molecule has 2 heterocycles. The van der Waals surface area contributed by atoms with Gasteiger partial charge in [-0.2, -0.15) is 0 Å². The molecule has 0 aromatic carbocycles. The first-order valence-corrected chi connectivity index (χ1v) is 6.52. The van der Waals surface area contributed by atoms with Crippen LogP contribution in [0.3, 0.4) is 0 Å². The Balaban J connectivity index is 2.11. The van der Waals surface area contributed by atoms with Crippen LogP contribution in [0.15, 0.2) is 28.2 Å². The van der Waals surface area contributed by atoms with Crippen molar-refractivity contribution in [2.75, 3.05) is 11.1 Å². The normalized spacial score (nSPS) is 10.4. The fourth-order valence-corrected chi connectivity index (χ4v) is 2.76. The van der Waals surface area contributed by atoms with Crippen molar-refractivity contribution in [3.8, 4) is 0 Å². The molecule has 5 heteroatoms. The molecule has 0 amide bonds. The van der Waals surface area contributed by atoms with E-state index in [1.165, 1.54) is 4.88 Å². The van der Waals surface area contributed by atoms with Crippen LogP contribution in [0.4, 0.5) is 11.5 Å². The van der Waals surface area contributed by atoms with Gasteiger partial charge in [0.15, 0.2) is 0 Å². The van der Waals surface area contributed by atoms with Crippen LogP contribution in [0.2, 0.25) is 0 Å². The molecule has 3 nitrogen and oxygen atoms in total. The van der Waals surface area contributed by atoms with Gasteiger partial charge in [0, 0.05) is 15.5 Å². The molecule has 0 aliphatic carbocycles. The van der Waals surface area contributed by atoms with Crippen molar-refractivity contribution in [3.63, 3.8) is 0 Å². The molecule has 84 valence electrons. The van der Waals surface area contributed by atoms with Crippen LogP contribution in [-0.4, -0.2) is 4.98 Å². The van der Waals surface area contributed by atoms with E-state index in [0.717, 1.165) is 28.1 Å². The van der Waals surface area contributed by atoms with Crippen LogP contribution in [0, 0.1) is 6.92 Å². The Morgan fingerprint density at radius 1 is 1.50 bits per heavy atom. The van der Waals surface area contributed by atoms with Crippen molar-refractivity contribution < 1.29 is 0 Å². The summed E-state index contributed by atoms with van der Waals surface area (Å²) in [5.41, 5.74) is 7.69. The minimum Gasteiger partial charge on any atom is -0.396 e. The molecule has 0 aliphatic rings. The Morgan fingerprint density at radius 3 is 3.00 bits per heavy atom. The molecular formula is C11H12BrN3S. The summed E-state index contributed by atoms with van der Waals surface area (Å²) in [5, 5.41) is 5.29. The highest BCUT2D eigenvalue weighted by atomic mass is 79.9. The number of aromatic nitrogens is 1. The van der Waals surface area contributed by atoms with Gasteiger partial charge in [-0.1, -0.05) is 0 Å². The molecule has 0 aliphatic heterocycles. The molecule has 0 saturated heterocycles. The lowest BCUT2D eigenvalue weighted by Gasteiger charge is -2.09. The third-order valence-electron chi connectivity index (χ3n) is 2.32. The number of nitrogens with one attached hydrogen (secondary N) is 1. The number of nitrogen functional groups attached to an aromatic ring is 1. The Labute approximate surface area is 107 Å².